The molecule has 2 aliphatic rings. The molecule has 0 N–H and O–H groups in total. The molecule has 70 valence electrons. The van der Waals surface area contributed by atoms with Crippen molar-refractivity contribution in [3.63, 3.8) is 0 Å². The molecule has 0 aromatic carbocycles. The number of allylic oxidation sites excluding steroid dienone is 4. The molecule has 0 saturated heterocycles. The molecule has 0 bridgehead atoms. The van der Waals surface area contributed by atoms with Gasteiger partial charge < -0.3 is 0 Å². The topological polar surface area (TPSA) is 17.1 Å². The highest BCUT2D eigenvalue weighted by molar-refractivity contribution is 6.00. The average molecular weight is 176 g/mol. The molecule has 13 heavy (non-hydrogen) atoms. The van der Waals surface area contributed by atoms with Gasteiger partial charge in [0.25, 0.3) is 0 Å². The Kier molecular flexibility index (Phi) is 1.90. The fourth-order valence-corrected chi connectivity index (χ4v) is 2.76. The first-order valence-corrected chi connectivity index (χ1v) is 5.07. The molecular weight excluding hydrogens is 160 g/mol. The molecule has 2 rings (SSSR count). The predicted molar refractivity (Wildman–Crippen MR) is 53.4 cm³/mol. The Morgan fingerprint density at radius 3 is 2.85 bits per heavy atom. The third-order valence-electron chi connectivity index (χ3n) is 3.31. The average Bonchev–Trinajstić information content (AvgIpc) is 2.58. The highest BCUT2D eigenvalue weighted by Crippen LogP contribution is 2.49. The van der Waals surface area contributed by atoms with E-state index in [2.05, 4.69) is 19.1 Å². The number of carbonyl (C=O) groups excluding carboxylic acids is 1. The van der Waals surface area contributed by atoms with E-state index in [4.69, 9.17) is 0 Å². The number of rotatable bonds is 1. The highest BCUT2D eigenvalue weighted by atomic mass is 16.1. The Labute approximate surface area is 79.5 Å². The van der Waals surface area contributed by atoms with E-state index in [0.717, 1.165) is 18.4 Å². The van der Waals surface area contributed by atoms with Crippen molar-refractivity contribution in [3.8, 4) is 0 Å². The summed E-state index contributed by atoms with van der Waals surface area (Å²) in [7, 11) is 0. The third-order valence-corrected chi connectivity index (χ3v) is 3.31. The summed E-state index contributed by atoms with van der Waals surface area (Å²) in [4.78, 5) is 11.7. The van der Waals surface area contributed by atoms with Gasteiger partial charge in [-0.2, -0.15) is 0 Å². The van der Waals surface area contributed by atoms with E-state index in [1.807, 2.05) is 6.92 Å². The van der Waals surface area contributed by atoms with E-state index in [0.29, 0.717) is 12.2 Å². The third kappa shape index (κ3) is 1.18. The van der Waals surface area contributed by atoms with Crippen molar-refractivity contribution in [1.29, 1.82) is 0 Å². The van der Waals surface area contributed by atoms with Gasteiger partial charge in [0.15, 0.2) is 5.78 Å². The normalized spacial score (nSPS) is 33.5. The van der Waals surface area contributed by atoms with Gasteiger partial charge in [-0.25, -0.2) is 0 Å². The van der Waals surface area contributed by atoms with Gasteiger partial charge >= 0.3 is 0 Å². The summed E-state index contributed by atoms with van der Waals surface area (Å²) in [5, 5.41) is 0. The second-order valence-corrected chi connectivity index (χ2v) is 4.33. The number of Topliss-reactive ketones (excluding diaryl/α,β-unsaturated/α-hetero) is 1. The van der Waals surface area contributed by atoms with Crippen molar-refractivity contribution in [2.24, 2.45) is 5.41 Å². The minimum Gasteiger partial charge on any atom is -0.295 e. The number of hydrogen-bond acceptors (Lipinski definition) is 1. The first-order chi connectivity index (χ1) is 6.17. The van der Waals surface area contributed by atoms with E-state index >= 15 is 0 Å². The molecule has 0 spiro atoms. The molecule has 0 saturated carbocycles. The van der Waals surface area contributed by atoms with Gasteiger partial charge in [-0.3, -0.25) is 4.79 Å². The summed E-state index contributed by atoms with van der Waals surface area (Å²) in [6.45, 7) is 4.22. The monoisotopic (exact) mass is 176 g/mol. The van der Waals surface area contributed by atoms with Crippen LogP contribution in [0.4, 0.5) is 0 Å². The Morgan fingerprint density at radius 1 is 1.38 bits per heavy atom. The lowest BCUT2D eigenvalue weighted by Crippen LogP contribution is -2.13. The molecule has 0 aromatic heterocycles. The van der Waals surface area contributed by atoms with E-state index < -0.39 is 0 Å². The van der Waals surface area contributed by atoms with E-state index in [9.17, 15) is 4.79 Å². The van der Waals surface area contributed by atoms with Crippen LogP contribution in [0.15, 0.2) is 23.3 Å². The molecule has 2 aliphatic carbocycles. The minimum absolute atomic E-state index is 0.0671. The Hall–Kier alpha value is -0.850. The fraction of sp³-hybridized carbons (Fsp3) is 0.583. The Morgan fingerprint density at radius 2 is 2.15 bits per heavy atom. The maximum absolute atomic E-state index is 11.7. The molecule has 0 aliphatic heterocycles. The highest BCUT2D eigenvalue weighted by Gasteiger charge is 2.41. The number of carbonyl (C=O) groups is 1. The van der Waals surface area contributed by atoms with Crippen molar-refractivity contribution in [1.82, 2.24) is 0 Å². The lowest BCUT2D eigenvalue weighted by atomic mass is 9.82. The molecule has 1 unspecified atom stereocenters. The first kappa shape index (κ1) is 8.74. The summed E-state index contributed by atoms with van der Waals surface area (Å²) < 4.78 is 0. The van der Waals surface area contributed by atoms with Crippen LogP contribution in [0.5, 0.6) is 0 Å². The molecular formula is C12H16O. The summed E-state index contributed by atoms with van der Waals surface area (Å²) in [6, 6.07) is 0. The van der Waals surface area contributed by atoms with Crippen molar-refractivity contribution in [2.75, 3.05) is 0 Å². The minimum atomic E-state index is 0.0671. The molecule has 1 atom stereocenters. The predicted octanol–water partition coefficient (Wildman–Crippen LogP) is 3.02. The zero-order valence-corrected chi connectivity index (χ0v) is 8.39. The van der Waals surface area contributed by atoms with E-state index in [-0.39, 0.29) is 5.41 Å². The van der Waals surface area contributed by atoms with Crippen molar-refractivity contribution >= 4 is 5.78 Å². The van der Waals surface area contributed by atoms with Gasteiger partial charge in [-0.05, 0) is 31.8 Å². The fourth-order valence-electron chi connectivity index (χ4n) is 2.76. The van der Waals surface area contributed by atoms with Crippen LogP contribution >= 0.6 is 0 Å². The lowest BCUT2D eigenvalue weighted by molar-refractivity contribution is -0.115. The van der Waals surface area contributed by atoms with E-state index in [1.165, 1.54) is 12.0 Å². The van der Waals surface area contributed by atoms with Gasteiger partial charge in [-0.15, -0.1) is 0 Å². The maximum atomic E-state index is 11.7. The summed E-state index contributed by atoms with van der Waals surface area (Å²) in [5.74, 6) is 0.396. The number of ketones is 1. The molecule has 0 aromatic rings. The molecule has 1 heteroatoms. The number of hydrogen-bond donors (Lipinski definition) is 0. The quantitative estimate of drug-likeness (QED) is 0.561. The molecule has 0 fully saturated rings. The molecule has 0 amide bonds. The summed E-state index contributed by atoms with van der Waals surface area (Å²) >= 11 is 0. The summed E-state index contributed by atoms with van der Waals surface area (Å²) in [6.07, 6.45) is 8.33. The molecule has 1 nitrogen and oxygen atoms in total. The second kappa shape index (κ2) is 2.83. The lowest BCUT2D eigenvalue weighted by Gasteiger charge is -2.22. The van der Waals surface area contributed by atoms with Crippen LogP contribution < -0.4 is 0 Å². The smallest absolute Gasteiger partial charge is 0.160 e. The van der Waals surface area contributed by atoms with Crippen LogP contribution in [0.2, 0.25) is 0 Å². The first-order valence-electron chi connectivity index (χ1n) is 5.07. The van der Waals surface area contributed by atoms with Gasteiger partial charge in [0.2, 0.25) is 0 Å². The summed E-state index contributed by atoms with van der Waals surface area (Å²) in [5.41, 5.74) is 2.65. The Balaban J connectivity index is 2.40. The van der Waals surface area contributed by atoms with Crippen LogP contribution in [0, 0.1) is 5.41 Å². The van der Waals surface area contributed by atoms with Crippen LogP contribution in [0.1, 0.15) is 39.5 Å². The van der Waals surface area contributed by atoms with Gasteiger partial charge in [0.05, 0.1) is 0 Å². The van der Waals surface area contributed by atoms with Crippen molar-refractivity contribution < 1.29 is 4.79 Å². The van der Waals surface area contributed by atoms with Crippen LogP contribution in [0.25, 0.3) is 0 Å². The zero-order chi connectivity index (χ0) is 9.47. The van der Waals surface area contributed by atoms with Crippen LogP contribution in [0.3, 0.4) is 0 Å². The van der Waals surface area contributed by atoms with E-state index in [1.54, 1.807) is 0 Å². The van der Waals surface area contributed by atoms with Gasteiger partial charge in [-0.1, -0.05) is 24.6 Å². The molecule has 0 heterocycles. The SMILES string of the molecule is C/C=C/C1(C)CC(=O)C2=C1CCC2. The van der Waals surface area contributed by atoms with Crippen LogP contribution in [-0.4, -0.2) is 5.78 Å². The largest absolute Gasteiger partial charge is 0.295 e. The van der Waals surface area contributed by atoms with Crippen molar-refractivity contribution in [2.45, 2.75) is 39.5 Å². The zero-order valence-electron chi connectivity index (χ0n) is 8.39. The molecule has 0 radical (unpaired) electrons. The van der Waals surface area contributed by atoms with Gasteiger partial charge in [0.1, 0.15) is 0 Å². The van der Waals surface area contributed by atoms with Gasteiger partial charge in [0, 0.05) is 11.8 Å². The Bertz CT molecular complexity index is 309. The standard InChI is InChI=1S/C12H16O/c1-3-7-12(2)8-11(13)9-5-4-6-10(9)12/h3,7H,4-6,8H2,1-2H3/b7-3+. The van der Waals surface area contributed by atoms with Crippen LogP contribution in [-0.2, 0) is 4.79 Å². The maximum Gasteiger partial charge on any atom is 0.160 e. The van der Waals surface area contributed by atoms with Crippen molar-refractivity contribution in [3.05, 3.63) is 23.3 Å². The second-order valence-electron chi connectivity index (χ2n) is 4.33.